The van der Waals surface area contributed by atoms with Gasteiger partial charge in [-0.15, -0.1) is 0 Å². The first-order chi connectivity index (χ1) is 8.35. The van der Waals surface area contributed by atoms with E-state index in [1.807, 2.05) is 30.3 Å². The van der Waals surface area contributed by atoms with Crippen molar-refractivity contribution >= 4 is 5.82 Å². The Kier molecular flexibility index (Phi) is 3.40. The lowest BCUT2D eigenvalue weighted by atomic mass is 10.3. The number of rotatable bonds is 4. The molecule has 1 heterocycles. The average molecular weight is 231 g/mol. The third-order valence-electron chi connectivity index (χ3n) is 2.17. The summed E-state index contributed by atoms with van der Waals surface area (Å²) in [6, 6.07) is 9.40. The molecule has 0 aliphatic carbocycles. The van der Waals surface area contributed by atoms with Gasteiger partial charge in [0.2, 0.25) is 5.75 Å². The van der Waals surface area contributed by atoms with Crippen LogP contribution >= 0.6 is 0 Å². The summed E-state index contributed by atoms with van der Waals surface area (Å²) < 4.78 is 10.9. The minimum atomic E-state index is 0.387. The summed E-state index contributed by atoms with van der Waals surface area (Å²) in [7, 11) is 3.31. The molecule has 0 unspecified atom stereocenters. The number of anilines is 1. The lowest BCUT2D eigenvalue weighted by Gasteiger charge is -2.11. The average Bonchev–Trinajstić information content (AvgIpc) is 2.39. The molecule has 5 nitrogen and oxygen atoms in total. The second-order valence-electron chi connectivity index (χ2n) is 3.23. The summed E-state index contributed by atoms with van der Waals surface area (Å²) in [5, 5.41) is 2.92. The first kappa shape index (κ1) is 11.2. The molecule has 0 fully saturated rings. The second kappa shape index (κ2) is 5.16. The van der Waals surface area contributed by atoms with Gasteiger partial charge in [-0.2, -0.15) is 4.98 Å². The molecule has 0 aliphatic rings. The summed E-state index contributed by atoms with van der Waals surface area (Å²) in [6.45, 7) is 0. The fourth-order valence-electron chi connectivity index (χ4n) is 1.39. The lowest BCUT2D eigenvalue weighted by molar-refractivity contribution is 0.369. The van der Waals surface area contributed by atoms with E-state index in [1.165, 1.54) is 6.33 Å². The number of benzene rings is 1. The zero-order chi connectivity index (χ0) is 12.1. The van der Waals surface area contributed by atoms with Crippen molar-refractivity contribution in [2.75, 3.05) is 19.5 Å². The molecule has 1 N–H and O–H groups in total. The highest BCUT2D eigenvalue weighted by molar-refractivity contribution is 5.55. The number of para-hydroxylation sites is 1. The van der Waals surface area contributed by atoms with Crippen molar-refractivity contribution in [1.29, 1.82) is 0 Å². The SMILES string of the molecule is CNc1ncnc(Oc2ccccc2)c1OC. The summed E-state index contributed by atoms with van der Waals surface area (Å²) in [5.41, 5.74) is 0. The van der Waals surface area contributed by atoms with Gasteiger partial charge in [-0.1, -0.05) is 18.2 Å². The summed E-state index contributed by atoms with van der Waals surface area (Å²) in [5.74, 6) is 2.16. The molecule has 0 atom stereocenters. The lowest BCUT2D eigenvalue weighted by Crippen LogP contribution is -2.00. The number of nitrogens with zero attached hydrogens (tertiary/aromatic N) is 2. The molecule has 1 aromatic carbocycles. The van der Waals surface area contributed by atoms with E-state index in [0.29, 0.717) is 23.2 Å². The van der Waals surface area contributed by atoms with Crippen molar-refractivity contribution in [3.05, 3.63) is 36.7 Å². The van der Waals surface area contributed by atoms with E-state index >= 15 is 0 Å². The number of hydrogen-bond acceptors (Lipinski definition) is 5. The van der Waals surface area contributed by atoms with Crippen LogP contribution in [0.2, 0.25) is 0 Å². The van der Waals surface area contributed by atoms with E-state index in [-0.39, 0.29) is 0 Å². The molecule has 1 aromatic heterocycles. The van der Waals surface area contributed by atoms with E-state index in [0.717, 1.165) is 0 Å². The first-order valence-corrected chi connectivity index (χ1v) is 5.14. The van der Waals surface area contributed by atoms with E-state index < -0.39 is 0 Å². The van der Waals surface area contributed by atoms with Crippen LogP contribution in [0.15, 0.2) is 36.7 Å². The Hall–Kier alpha value is -2.30. The zero-order valence-corrected chi connectivity index (χ0v) is 9.68. The predicted molar refractivity (Wildman–Crippen MR) is 64.6 cm³/mol. The topological polar surface area (TPSA) is 56.3 Å². The molecule has 0 saturated carbocycles. The summed E-state index contributed by atoms with van der Waals surface area (Å²) in [4.78, 5) is 8.10. The van der Waals surface area contributed by atoms with Gasteiger partial charge in [-0.3, -0.25) is 0 Å². The molecular formula is C12H13N3O2. The third kappa shape index (κ3) is 2.44. The molecule has 17 heavy (non-hydrogen) atoms. The van der Waals surface area contributed by atoms with Crippen molar-refractivity contribution in [3.63, 3.8) is 0 Å². The minimum absolute atomic E-state index is 0.387. The van der Waals surface area contributed by atoms with Crippen molar-refractivity contribution in [3.8, 4) is 17.4 Å². The quantitative estimate of drug-likeness (QED) is 0.875. The molecule has 0 aliphatic heterocycles. The maximum atomic E-state index is 5.63. The van der Waals surface area contributed by atoms with Gasteiger partial charge in [0.1, 0.15) is 12.1 Å². The van der Waals surface area contributed by atoms with Crippen LogP contribution in [-0.2, 0) is 0 Å². The normalized spacial score (nSPS) is 9.76. The van der Waals surface area contributed by atoms with Crippen LogP contribution in [0, 0.1) is 0 Å². The second-order valence-corrected chi connectivity index (χ2v) is 3.23. The Morgan fingerprint density at radius 2 is 1.88 bits per heavy atom. The van der Waals surface area contributed by atoms with Crippen LogP contribution < -0.4 is 14.8 Å². The number of ether oxygens (including phenoxy) is 2. The van der Waals surface area contributed by atoms with Gasteiger partial charge in [0, 0.05) is 7.05 Å². The third-order valence-corrected chi connectivity index (χ3v) is 2.17. The Balaban J connectivity index is 2.33. The van der Waals surface area contributed by atoms with E-state index in [4.69, 9.17) is 9.47 Å². The molecule has 5 heteroatoms. The fraction of sp³-hybridized carbons (Fsp3) is 0.167. The largest absolute Gasteiger partial charge is 0.489 e. The van der Waals surface area contributed by atoms with Crippen molar-refractivity contribution in [2.45, 2.75) is 0 Å². The highest BCUT2D eigenvalue weighted by atomic mass is 16.5. The van der Waals surface area contributed by atoms with Gasteiger partial charge in [0.05, 0.1) is 7.11 Å². The van der Waals surface area contributed by atoms with Gasteiger partial charge >= 0.3 is 0 Å². The monoisotopic (exact) mass is 231 g/mol. The number of aromatic nitrogens is 2. The molecule has 88 valence electrons. The standard InChI is InChI=1S/C12H13N3O2/c1-13-11-10(16-2)12(15-8-14-11)17-9-6-4-3-5-7-9/h3-8H,1-2H3,(H,13,14,15). The Morgan fingerprint density at radius 3 is 2.53 bits per heavy atom. The van der Waals surface area contributed by atoms with Crippen LogP contribution in [0.25, 0.3) is 0 Å². The molecule has 0 radical (unpaired) electrons. The van der Waals surface area contributed by atoms with Gasteiger partial charge in [-0.05, 0) is 12.1 Å². The maximum absolute atomic E-state index is 5.63. The molecule has 0 amide bonds. The van der Waals surface area contributed by atoms with Gasteiger partial charge in [0.25, 0.3) is 5.88 Å². The highest BCUT2D eigenvalue weighted by Crippen LogP contribution is 2.33. The zero-order valence-electron chi connectivity index (χ0n) is 9.68. The Labute approximate surface area is 99.4 Å². The van der Waals surface area contributed by atoms with Gasteiger partial charge in [-0.25, -0.2) is 4.98 Å². The summed E-state index contributed by atoms with van der Waals surface area (Å²) >= 11 is 0. The molecule has 0 saturated heterocycles. The highest BCUT2D eigenvalue weighted by Gasteiger charge is 2.12. The van der Waals surface area contributed by atoms with Crippen LogP contribution in [-0.4, -0.2) is 24.1 Å². The van der Waals surface area contributed by atoms with Crippen LogP contribution in [0.5, 0.6) is 17.4 Å². The van der Waals surface area contributed by atoms with Crippen molar-refractivity contribution in [2.24, 2.45) is 0 Å². The van der Waals surface area contributed by atoms with E-state index in [9.17, 15) is 0 Å². The predicted octanol–water partition coefficient (Wildman–Crippen LogP) is 2.32. The molecular weight excluding hydrogens is 218 g/mol. The molecule has 0 bridgehead atoms. The molecule has 2 aromatic rings. The Morgan fingerprint density at radius 1 is 1.12 bits per heavy atom. The van der Waals surface area contributed by atoms with Crippen LogP contribution in [0.4, 0.5) is 5.82 Å². The number of hydrogen-bond donors (Lipinski definition) is 1. The van der Waals surface area contributed by atoms with Gasteiger partial charge < -0.3 is 14.8 Å². The van der Waals surface area contributed by atoms with Crippen molar-refractivity contribution < 1.29 is 9.47 Å². The smallest absolute Gasteiger partial charge is 0.268 e. The Bertz CT molecular complexity index is 488. The number of nitrogens with one attached hydrogen (secondary N) is 1. The van der Waals surface area contributed by atoms with Crippen molar-refractivity contribution in [1.82, 2.24) is 9.97 Å². The summed E-state index contributed by atoms with van der Waals surface area (Å²) in [6.07, 6.45) is 1.42. The molecule has 0 spiro atoms. The van der Waals surface area contributed by atoms with Crippen LogP contribution in [0.3, 0.4) is 0 Å². The number of methoxy groups -OCH3 is 1. The fourth-order valence-corrected chi connectivity index (χ4v) is 1.39. The van der Waals surface area contributed by atoms with E-state index in [1.54, 1.807) is 14.2 Å². The maximum Gasteiger partial charge on any atom is 0.268 e. The van der Waals surface area contributed by atoms with Crippen LogP contribution in [0.1, 0.15) is 0 Å². The minimum Gasteiger partial charge on any atom is -0.489 e. The first-order valence-electron chi connectivity index (χ1n) is 5.14. The molecule has 2 rings (SSSR count). The van der Waals surface area contributed by atoms with E-state index in [2.05, 4.69) is 15.3 Å². The van der Waals surface area contributed by atoms with Gasteiger partial charge in [0.15, 0.2) is 5.82 Å².